The summed E-state index contributed by atoms with van der Waals surface area (Å²) in [5.74, 6) is 1.59. The van der Waals surface area contributed by atoms with Crippen molar-refractivity contribution >= 4 is 5.97 Å². The molecule has 0 amide bonds. The smallest absolute Gasteiger partial charge is 0.331 e. The molecule has 0 aromatic rings. The molecule has 1 heterocycles. The summed E-state index contributed by atoms with van der Waals surface area (Å²) in [6.45, 7) is 5.15. The first-order valence-electron chi connectivity index (χ1n) is 11.1. The zero-order valence-corrected chi connectivity index (χ0v) is 16.7. The molecule has 0 spiro atoms. The average molecular weight is 375 g/mol. The summed E-state index contributed by atoms with van der Waals surface area (Å²) in [6.07, 6.45) is 10.8. The third-order valence-corrected chi connectivity index (χ3v) is 9.96. The minimum atomic E-state index is -0.628. The van der Waals surface area contributed by atoms with Crippen molar-refractivity contribution in [2.24, 2.45) is 34.5 Å². The molecule has 8 atom stereocenters. The lowest BCUT2D eigenvalue weighted by Gasteiger charge is -2.63. The molecule has 4 nitrogen and oxygen atoms in total. The van der Waals surface area contributed by atoms with Crippen LogP contribution in [0.4, 0.5) is 0 Å². The van der Waals surface area contributed by atoms with Gasteiger partial charge in [-0.25, -0.2) is 4.79 Å². The quantitative estimate of drug-likeness (QED) is 0.688. The molecule has 0 saturated heterocycles. The molecule has 0 radical (unpaired) electrons. The van der Waals surface area contributed by atoms with Crippen LogP contribution in [-0.2, 0) is 9.53 Å². The van der Waals surface area contributed by atoms with Crippen molar-refractivity contribution in [3.63, 3.8) is 0 Å². The molecule has 3 unspecified atom stereocenters. The lowest BCUT2D eigenvalue weighted by atomic mass is 9.43. The number of ether oxygens (including phenoxy) is 1. The molecule has 27 heavy (non-hydrogen) atoms. The van der Waals surface area contributed by atoms with E-state index in [1.165, 1.54) is 6.42 Å². The van der Waals surface area contributed by atoms with Crippen molar-refractivity contribution in [2.75, 3.05) is 6.61 Å². The molecule has 0 bridgehead atoms. The van der Waals surface area contributed by atoms with E-state index < -0.39 is 5.60 Å². The van der Waals surface area contributed by atoms with Gasteiger partial charge in [-0.1, -0.05) is 13.8 Å². The van der Waals surface area contributed by atoms with Crippen LogP contribution < -0.4 is 0 Å². The standard InChI is InChI=1S/C23H34O4/c1-21-8-5-16(24)12-15(21)3-4-19-18(21)6-9-22(2)17(7-10-23(19,22)26)14-11-20(25)27-13-14/h11,15-19,24,26H,3-10,12-13H2,1-2H3/t15?,16?,17-,18+,19-,21+,22-,23?/m1/s1. The minimum Gasteiger partial charge on any atom is -0.458 e. The average Bonchev–Trinajstić information content (AvgIpc) is 3.16. The van der Waals surface area contributed by atoms with Crippen LogP contribution in [-0.4, -0.2) is 34.5 Å². The van der Waals surface area contributed by atoms with E-state index in [4.69, 9.17) is 4.74 Å². The van der Waals surface area contributed by atoms with Crippen molar-refractivity contribution in [3.8, 4) is 0 Å². The Labute approximate surface area is 162 Å². The number of rotatable bonds is 1. The largest absolute Gasteiger partial charge is 0.458 e. The summed E-state index contributed by atoms with van der Waals surface area (Å²) >= 11 is 0. The van der Waals surface area contributed by atoms with E-state index in [1.54, 1.807) is 6.08 Å². The van der Waals surface area contributed by atoms with E-state index in [0.29, 0.717) is 24.4 Å². The minimum absolute atomic E-state index is 0.126. The molecule has 2 N–H and O–H groups in total. The van der Waals surface area contributed by atoms with Gasteiger partial charge < -0.3 is 14.9 Å². The summed E-state index contributed by atoms with van der Waals surface area (Å²) in [5.41, 5.74) is 0.600. The van der Waals surface area contributed by atoms with Crippen molar-refractivity contribution in [1.82, 2.24) is 0 Å². The van der Waals surface area contributed by atoms with Gasteiger partial charge >= 0.3 is 5.97 Å². The summed E-state index contributed by atoms with van der Waals surface area (Å²) in [4.78, 5) is 11.6. The number of esters is 1. The molecule has 4 fully saturated rings. The lowest BCUT2D eigenvalue weighted by Crippen LogP contribution is -2.62. The lowest BCUT2D eigenvalue weighted by molar-refractivity contribution is -0.208. The fourth-order valence-electron chi connectivity index (χ4n) is 8.39. The highest BCUT2D eigenvalue weighted by molar-refractivity contribution is 5.85. The van der Waals surface area contributed by atoms with Crippen LogP contribution >= 0.6 is 0 Å². The van der Waals surface area contributed by atoms with Crippen molar-refractivity contribution < 1.29 is 19.7 Å². The van der Waals surface area contributed by atoms with E-state index in [1.807, 2.05) is 0 Å². The molecule has 5 rings (SSSR count). The Morgan fingerprint density at radius 2 is 1.85 bits per heavy atom. The monoisotopic (exact) mass is 374 g/mol. The first-order chi connectivity index (χ1) is 12.8. The predicted octanol–water partition coefficient (Wildman–Crippen LogP) is 3.60. The molecule has 4 heteroatoms. The topological polar surface area (TPSA) is 66.8 Å². The van der Waals surface area contributed by atoms with Crippen LogP contribution in [0, 0.1) is 34.5 Å². The number of hydrogen-bond acceptors (Lipinski definition) is 4. The third kappa shape index (κ3) is 2.32. The van der Waals surface area contributed by atoms with Gasteiger partial charge in [-0.2, -0.15) is 0 Å². The third-order valence-electron chi connectivity index (χ3n) is 9.96. The summed E-state index contributed by atoms with van der Waals surface area (Å²) in [7, 11) is 0. The van der Waals surface area contributed by atoms with E-state index in [9.17, 15) is 15.0 Å². The molecule has 4 saturated carbocycles. The molecule has 4 aliphatic carbocycles. The second kappa shape index (κ2) is 5.82. The van der Waals surface area contributed by atoms with Gasteiger partial charge in [0.25, 0.3) is 0 Å². The van der Waals surface area contributed by atoms with E-state index in [2.05, 4.69) is 13.8 Å². The number of fused-ring (bicyclic) bond motifs is 5. The van der Waals surface area contributed by atoms with E-state index in [-0.39, 0.29) is 28.8 Å². The van der Waals surface area contributed by atoms with Gasteiger partial charge in [0.1, 0.15) is 6.61 Å². The summed E-state index contributed by atoms with van der Waals surface area (Å²) < 4.78 is 5.20. The van der Waals surface area contributed by atoms with Crippen molar-refractivity contribution in [3.05, 3.63) is 11.6 Å². The first kappa shape index (κ1) is 18.2. The van der Waals surface area contributed by atoms with Crippen LogP contribution in [0.15, 0.2) is 11.6 Å². The van der Waals surface area contributed by atoms with Crippen LogP contribution in [0.2, 0.25) is 0 Å². The predicted molar refractivity (Wildman–Crippen MR) is 102 cm³/mol. The Bertz CT molecular complexity index is 686. The molecular weight excluding hydrogens is 340 g/mol. The molecular formula is C23H34O4. The SMILES string of the molecule is C[C@]12CCC(O)CC1CC[C@@H]1[C@@H]2CC[C@]2(C)[C@@H](C3=CC(=O)OC3)CCC12O. The van der Waals surface area contributed by atoms with Gasteiger partial charge in [0.05, 0.1) is 11.7 Å². The molecule has 150 valence electrons. The van der Waals surface area contributed by atoms with Crippen LogP contribution in [0.3, 0.4) is 0 Å². The molecule has 5 aliphatic rings. The normalized spacial score (nSPS) is 54.6. The Morgan fingerprint density at radius 3 is 2.59 bits per heavy atom. The number of carbonyl (C=O) groups excluding carboxylic acids is 1. The summed E-state index contributed by atoms with van der Waals surface area (Å²) in [5, 5.41) is 22.3. The van der Waals surface area contributed by atoms with Gasteiger partial charge in [-0.05, 0) is 92.4 Å². The number of aliphatic hydroxyl groups excluding tert-OH is 1. The number of hydrogen-bond donors (Lipinski definition) is 2. The van der Waals surface area contributed by atoms with Gasteiger partial charge in [0, 0.05) is 11.5 Å². The molecule has 0 aromatic heterocycles. The Hall–Kier alpha value is -0.870. The Kier molecular flexibility index (Phi) is 3.92. The molecule has 0 aromatic carbocycles. The summed E-state index contributed by atoms with van der Waals surface area (Å²) in [6, 6.07) is 0. The highest BCUT2D eigenvalue weighted by atomic mass is 16.5. The number of cyclic esters (lactones) is 1. The van der Waals surface area contributed by atoms with Crippen LogP contribution in [0.5, 0.6) is 0 Å². The second-order valence-electron chi connectivity index (χ2n) is 10.7. The fraction of sp³-hybridized carbons (Fsp3) is 0.870. The van der Waals surface area contributed by atoms with Crippen LogP contribution in [0.25, 0.3) is 0 Å². The van der Waals surface area contributed by atoms with Gasteiger partial charge in [-0.15, -0.1) is 0 Å². The Balaban J connectivity index is 1.47. The van der Waals surface area contributed by atoms with E-state index >= 15 is 0 Å². The van der Waals surface area contributed by atoms with Gasteiger partial charge in [0.2, 0.25) is 0 Å². The zero-order chi connectivity index (χ0) is 19.0. The maximum atomic E-state index is 12.1. The van der Waals surface area contributed by atoms with Gasteiger partial charge in [0.15, 0.2) is 0 Å². The number of aliphatic hydroxyl groups is 2. The highest BCUT2D eigenvalue weighted by Crippen LogP contribution is 2.69. The zero-order valence-electron chi connectivity index (χ0n) is 16.7. The second-order valence-corrected chi connectivity index (χ2v) is 10.7. The number of carbonyl (C=O) groups is 1. The van der Waals surface area contributed by atoms with Gasteiger partial charge in [-0.3, -0.25) is 0 Å². The Morgan fingerprint density at radius 1 is 1.04 bits per heavy atom. The maximum absolute atomic E-state index is 12.1. The molecule has 1 aliphatic heterocycles. The van der Waals surface area contributed by atoms with Crippen molar-refractivity contribution in [1.29, 1.82) is 0 Å². The maximum Gasteiger partial charge on any atom is 0.331 e. The van der Waals surface area contributed by atoms with E-state index in [0.717, 1.165) is 56.9 Å². The fourth-order valence-corrected chi connectivity index (χ4v) is 8.39. The first-order valence-corrected chi connectivity index (χ1v) is 11.1. The van der Waals surface area contributed by atoms with Crippen molar-refractivity contribution in [2.45, 2.75) is 83.3 Å². The van der Waals surface area contributed by atoms with Crippen LogP contribution in [0.1, 0.15) is 71.6 Å². The highest BCUT2D eigenvalue weighted by Gasteiger charge is 2.67.